The number of amides is 4. The van der Waals surface area contributed by atoms with Gasteiger partial charge in [-0.15, -0.1) is 0 Å². The summed E-state index contributed by atoms with van der Waals surface area (Å²) in [6.07, 6.45) is 1.27. The highest BCUT2D eigenvalue weighted by atomic mass is 35.5. The van der Waals surface area contributed by atoms with E-state index < -0.39 is 23.8 Å². The molecule has 0 aromatic heterocycles. The number of nitrogens with zero attached hydrogens (tertiary/aromatic N) is 1. The molecule has 1 N–H and O–H groups in total. The van der Waals surface area contributed by atoms with Gasteiger partial charge < -0.3 is 9.47 Å². The fraction of sp³-hybridized carbons (Fsp3) is 0.0400. The van der Waals surface area contributed by atoms with E-state index in [4.69, 9.17) is 21.1 Å². The van der Waals surface area contributed by atoms with E-state index in [0.29, 0.717) is 16.3 Å². The molecule has 3 aromatic carbocycles. The minimum Gasteiger partial charge on any atom is -0.497 e. The van der Waals surface area contributed by atoms with Gasteiger partial charge in [-0.1, -0.05) is 35.9 Å². The second kappa shape index (κ2) is 9.60. The van der Waals surface area contributed by atoms with Crippen LogP contribution in [-0.4, -0.2) is 30.9 Å². The fourth-order valence-electron chi connectivity index (χ4n) is 3.23. The molecule has 1 fully saturated rings. The summed E-state index contributed by atoms with van der Waals surface area (Å²) >= 11 is 5.86. The van der Waals surface area contributed by atoms with Gasteiger partial charge in [0.15, 0.2) is 0 Å². The van der Waals surface area contributed by atoms with E-state index in [1.807, 2.05) is 0 Å². The van der Waals surface area contributed by atoms with Crippen molar-refractivity contribution in [2.24, 2.45) is 0 Å². The molecule has 0 spiro atoms. The van der Waals surface area contributed by atoms with Crippen molar-refractivity contribution in [3.8, 4) is 11.5 Å². The molecule has 34 heavy (non-hydrogen) atoms. The number of nitrogens with one attached hydrogen (secondary N) is 1. The van der Waals surface area contributed by atoms with Gasteiger partial charge >= 0.3 is 12.0 Å². The Hall–Kier alpha value is -4.43. The highest BCUT2D eigenvalue weighted by molar-refractivity contribution is 6.39. The molecule has 0 bridgehead atoms. The van der Waals surface area contributed by atoms with Crippen molar-refractivity contribution < 1.29 is 28.7 Å². The van der Waals surface area contributed by atoms with Crippen LogP contribution in [0.5, 0.6) is 11.5 Å². The Balaban J connectivity index is 1.67. The fourth-order valence-corrected chi connectivity index (χ4v) is 3.36. The number of hydrogen-bond donors (Lipinski definition) is 1. The maximum Gasteiger partial charge on any atom is 0.343 e. The number of urea groups is 1. The van der Waals surface area contributed by atoms with Crippen molar-refractivity contribution >= 4 is 47.2 Å². The van der Waals surface area contributed by atoms with Gasteiger partial charge in [-0.2, -0.15) is 0 Å². The van der Waals surface area contributed by atoms with E-state index in [-0.39, 0.29) is 22.6 Å². The number of carbonyl (C=O) groups is 4. The quantitative estimate of drug-likeness (QED) is 0.256. The summed E-state index contributed by atoms with van der Waals surface area (Å²) in [5.41, 5.74) is 0.483. The summed E-state index contributed by atoms with van der Waals surface area (Å²) in [6.45, 7) is 0. The van der Waals surface area contributed by atoms with Gasteiger partial charge in [-0.3, -0.25) is 14.9 Å². The molecular formula is C25H17ClN2O6. The van der Waals surface area contributed by atoms with E-state index in [9.17, 15) is 19.2 Å². The molecule has 1 aliphatic heterocycles. The van der Waals surface area contributed by atoms with Crippen LogP contribution in [-0.2, 0) is 9.59 Å². The monoisotopic (exact) mass is 476 g/mol. The van der Waals surface area contributed by atoms with Crippen molar-refractivity contribution in [3.05, 3.63) is 94.5 Å². The number of rotatable bonds is 5. The zero-order valence-corrected chi connectivity index (χ0v) is 18.5. The van der Waals surface area contributed by atoms with Crippen molar-refractivity contribution in [1.29, 1.82) is 0 Å². The van der Waals surface area contributed by atoms with Gasteiger partial charge in [0.05, 0.1) is 18.4 Å². The molecular weight excluding hydrogens is 460 g/mol. The standard InChI is InChI=1S/C25H17ClN2O6/c1-33-19-7-4-6-18(14-19)28-23(30)20(22(29)27-25(28)32)13-16-5-2-3-8-21(16)34-24(31)15-9-11-17(26)12-10-15/h2-14H,1H3,(H,27,29,32)/b20-13-. The Morgan fingerprint density at radius 2 is 1.71 bits per heavy atom. The lowest BCUT2D eigenvalue weighted by molar-refractivity contribution is -0.122. The minimum absolute atomic E-state index is 0.125. The van der Waals surface area contributed by atoms with Crippen LogP contribution < -0.4 is 19.7 Å². The molecule has 0 aliphatic carbocycles. The van der Waals surface area contributed by atoms with Gasteiger partial charge in [0.2, 0.25) is 0 Å². The van der Waals surface area contributed by atoms with E-state index in [1.54, 1.807) is 42.5 Å². The summed E-state index contributed by atoms with van der Waals surface area (Å²) in [5.74, 6) is -1.79. The molecule has 0 radical (unpaired) electrons. The Labute approximate surface area is 199 Å². The lowest BCUT2D eigenvalue weighted by atomic mass is 10.1. The zero-order valence-electron chi connectivity index (χ0n) is 17.8. The lowest BCUT2D eigenvalue weighted by Crippen LogP contribution is -2.54. The predicted molar refractivity (Wildman–Crippen MR) is 125 cm³/mol. The van der Waals surface area contributed by atoms with Crippen LogP contribution in [0, 0.1) is 0 Å². The number of hydrogen-bond acceptors (Lipinski definition) is 6. The van der Waals surface area contributed by atoms with E-state index in [1.165, 1.54) is 43.5 Å². The van der Waals surface area contributed by atoms with Crippen LogP contribution in [0.1, 0.15) is 15.9 Å². The third kappa shape index (κ3) is 4.67. The molecule has 4 rings (SSSR count). The highest BCUT2D eigenvalue weighted by Crippen LogP contribution is 2.28. The molecule has 0 unspecified atom stereocenters. The topological polar surface area (TPSA) is 102 Å². The zero-order chi connectivity index (χ0) is 24.2. The summed E-state index contributed by atoms with van der Waals surface area (Å²) in [5, 5.41) is 2.63. The Kier molecular flexibility index (Phi) is 6.42. The molecule has 4 amide bonds. The third-order valence-electron chi connectivity index (χ3n) is 4.91. The number of halogens is 1. The van der Waals surface area contributed by atoms with Crippen molar-refractivity contribution in [1.82, 2.24) is 5.32 Å². The first-order valence-electron chi connectivity index (χ1n) is 9.99. The van der Waals surface area contributed by atoms with Crippen molar-refractivity contribution in [2.75, 3.05) is 12.0 Å². The maximum absolute atomic E-state index is 13.2. The van der Waals surface area contributed by atoms with Crippen LogP contribution in [0.2, 0.25) is 5.02 Å². The number of benzene rings is 3. The average Bonchev–Trinajstić information content (AvgIpc) is 2.83. The number of ether oxygens (including phenoxy) is 2. The predicted octanol–water partition coefficient (Wildman–Crippen LogP) is 4.23. The third-order valence-corrected chi connectivity index (χ3v) is 5.17. The number of anilines is 1. The summed E-state index contributed by atoms with van der Waals surface area (Å²) in [4.78, 5) is 51.5. The van der Waals surface area contributed by atoms with Crippen LogP contribution in [0.15, 0.2) is 78.4 Å². The largest absolute Gasteiger partial charge is 0.497 e. The number of para-hydroxylation sites is 1. The second-order valence-electron chi connectivity index (χ2n) is 7.09. The molecule has 170 valence electrons. The van der Waals surface area contributed by atoms with Gasteiger partial charge in [0, 0.05) is 16.7 Å². The van der Waals surface area contributed by atoms with E-state index in [2.05, 4.69) is 5.32 Å². The highest BCUT2D eigenvalue weighted by Gasteiger charge is 2.37. The summed E-state index contributed by atoms with van der Waals surface area (Å²) in [6, 6.07) is 17.9. The first-order valence-corrected chi connectivity index (χ1v) is 10.4. The normalized spacial score (nSPS) is 14.7. The van der Waals surface area contributed by atoms with Gasteiger partial charge in [0.1, 0.15) is 17.1 Å². The number of methoxy groups -OCH3 is 1. The molecule has 1 saturated heterocycles. The Morgan fingerprint density at radius 1 is 0.971 bits per heavy atom. The number of carbonyl (C=O) groups excluding carboxylic acids is 4. The average molecular weight is 477 g/mol. The SMILES string of the molecule is COc1cccc(N2C(=O)NC(=O)/C(=C/c3ccccc3OC(=O)c3ccc(Cl)cc3)C2=O)c1. The van der Waals surface area contributed by atoms with Crippen LogP contribution >= 0.6 is 11.6 Å². The molecule has 8 nitrogen and oxygen atoms in total. The van der Waals surface area contributed by atoms with Gasteiger partial charge in [-0.05, 0) is 48.5 Å². The summed E-state index contributed by atoms with van der Waals surface area (Å²) < 4.78 is 10.6. The second-order valence-corrected chi connectivity index (χ2v) is 7.53. The molecule has 0 atom stereocenters. The van der Waals surface area contributed by atoms with Crippen molar-refractivity contribution in [2.45, 2.75) is 0 Å². The molecule has 9 heteroatoms. The first kappa shape index (κ1) is 22.8. The first-order chi connectivity index (χ1) is 16.4. The van der Waals surface area contributed by atoms with E-state index >= 15 is 0 Å². The number of imide groups is 2. The van der Waals surface area contributed by atoms with E-state index in [0.717, 1.165) is 4.90 Å². The smallest absolute Gasteiger partial charge is 0.343 e. The van der Waals surface area contributed by atoms with Gasteiger partial charge in [-0.25, -0.2) is 14.5 Å². The maximum atomic E-state index is 13.2. The van der Waals surface area contributed by atoms with Crippen LogP contribution in [0.3, 0.4) is 0 Å². The number of esters is 1. The molecule has 1 heterocycles. The van der Waals surface area contributed by atoms with Crippen LogP contribution in [0.4, 0.5) is 10.5 Å². The summed E-state index contributed by atoms with van der Waals surface area (Å²) in [7, 11) is 1.45. The minimum atomic E-state index is -0.886. The molecule has 0 saturated carbocycles. The molecule has 1 aliphatic rings. The van der Waals surface area contributed by atoms with Gasteiger partial charge in [0.25, 0.3) is 11.8 Å². The van der Waals surface area contributed by atoms with Crippen LogP contribution in [0.25, 0.3) is 6.08 Å². The Morgan fingerprint density at radius 3 is 2.44 bits per heavy atom. The number of barbiturate groups is 1. The lowest BCUT2D eigenvalue weighted by Gasteiger charge is -2.26. The Bertz CT molecular complexity index is 1330. The van der Waals surface area contributed by atoms with Crippen molar-refractivity contribution in [3.63, 3.8) is 0 Å². The molecule has 3 aromatic rings.